The van der Waals surface area contributed by atoms with Crippen LogP contribution in [0.4, 0.5) is 15.9 Å². The Hall–Kier alpha value is -2.15. The van der Waals surface area contributed by atoms with E-state index in [1.54, 1.807) is 20.0 Å². The van der Waals surface area contributed by atoms with Crippen LogP contribution in [0.2, 0.25) is 0 Å². The summed E-state index contributed by atoms with van der Waals surface area (Å²) in [6, 6.07) is 7.25. The molecule has 0 saturated carbocycles. The summed E-state index contributed by atoms with van der Waals surface area (Å²) in [6.07, 6.45) is 1.47. The van der Waals surface area contributed by atoms with Crippen LogP contribution < -0.4 is 10.0 Å². The number of hydrogen-bond donors (Lipinski definition) is 2. The highest BCUT2D eigenvalue weighted by Crippen LogP contribution is 2.25. The third-order valence-electron chi connectivity index (χ3n) is 2.76. The lowest BCUT2D eigenvalue weighted by atomic mass is 10.2. The van der Waals surface area contributed by atoms with E-state index in [2.05, 4.69) is 15.0 Å². The van der Waals surface area contributed by atoms with Gasteiger partial charge in [0.15, 0.2) is 0 Å². The van der Waals surface area contributed by atoms with Crippen molar-refractivity contribution >= 4 is 21.5 Å². The largest absolute Gasteiger partial charge is 0.372 e. The van der Waals surface area contributed by atoms with Crippen molar-refractivity contribution in [2.75, 3.05) is 17.1 Å². The van der Waals surface area contributed by atoms with Gasteiger partial charge in [0.2, 0.25) is 0 Å². The van der Waals surface area contributed by atoms with Gasteiger partial charge in [0.05, 0.1) is 5.69 Å². The van der Waals surface area contributed by atoms with Crippen LogP contribution in [0.3, 0.4) is 0 Å². The van der Waals surface area contributed by atoms with Crippen LogP contribution in [0.25, 0.3) is 0 Å². The quantitative estimate of drug-likeness (QED) is 0.908. The van der Waals surface area contributed by atoms with Crippen molar-refractivity contribution in [1.29, 1.82) is 0 Å². The van der Waals surface area contributed by atoms with Gasteiger partial charge >= 0.3 is 0 Å². The molecule has 0 radical (unpaired) electrons. The van der Waals surface area contributed by atoms with Crippen LogP contribution in [0.1, 0.15) is 5.56 Å². The predicted octanol–water partition coefficient (Wildman–Crippen LogP) is 2.37. The molecule has 1 aromatic heterocycles. The molecule has 0 atom stereocenters. The number of aryl methyl sites for hydroxylation is 1. The molecule has 5 nitrogen and oxygen atoms in total. The molecule has 2 aromatic rings. The summed E-state index contributed by atoms with van der Waals surface area (Å²) < 4.78 is 40.6. The van der Waals surface area contributed by atoms with Gasteiger partial charge in [0.1, 0.15) is 16.5 Å². The zero-order chi connectivity index (χ0) is 14.8. The highest BCUT2D eigenvalue weighted by molar-refractivity contribution is 7.92. The number of halogens is 1. The van der Waals surface area contributed by atoms with Crippen LogP contribution in [-0.2, 0) is 10.0 Å². The standard InChI is InChI=1S/C13H14FN3O2S/c1-9-5-3-6-10(14)12(9)17-20(18,19)11-7-4-8-16-13(11)15-2/h3-8,17H,1-2H3,(H,15,16). The minimum absolute atomic E-state index is 0.0369. The summed E-state index contributed by atoms with van der Waals surface area (Å²) in [5.41, 5.74) is 0.446. The van der Waals surface area contributed by atoms with E-state index in [-0.39, 0.29) is 16.4 Å². The Morgan fingerprint density at radius 2 is 1.95 bits per heavy atom. The van der Waals surface area contributed by atoms with Gasteiger partial charge in [-0.15, -0.1) is 0 Å². The zero-order valence-corrected chi connectivity index (χ0v) is 11.8. The van der Waals surface area contributed by atoms with E-state index in [0.29, 0.717) is 5.56 Å². The molecule has 7 heteroatoms. The van der Waals surface area contributed by atoms with Gasteiger partial charge in [-0.2, -0.15) is 0 Å². The summed E-state index contributed by atoms with van der Waals surface area (Å²) in [4.78, 5) is 3.89. The Morgan fingerprint density at radius 1 is 1.20 bits per heavy atom. The van der Waals surface area contributed by atoms with Crippen LogP contribution >= 0.6 is 0 Å². The molecule has 0 amide bonds. The average Bonchev–Trinajstić information content (AvgIpc) is 2.43. The minimum atomic E-state index is -3.92. The zero-order valence-electron chi connectivity index (χ0n) is 11.0. The highest BCUT2D eigenvalue weighted by atomic mass is 32.2. The first kappa shape index (κ1) is 14.3. The molecule has 0 aliphatic rings. The van der Waals surface area contributed by atoms with Crippen LogP contribution in [-0.4, -0.2) is 20.4 Å². The summed E-state index contributed by atoms with van der Waals surface area (Å²) in [5, 5.41) is 2.69. The second kappa shape index (κ2) is 5.46. The number of aromatic nitrogens is 1. The van der Waals surface area contributed by atoms with E-state index in [4.69, 9.17) is 0 Å². The lowest BCUT2D eigenvalue weighted by Gasteiger charge is -2.13. The molecular formula is C13H14FN3O2S. The van der Waals surface area contributed by atoms with Crippen molar-refractivity contribution in [2.45, 2.75) is 11.8 Å². The number of nitrogens with one attached hydrogen (secondary N) is 2. The number of sulfonamides is 1. The molecule has 2 N–H and O–H groups in total. The molecule has 0 bridgehead atoms. The first-order chi connectivity index (χ1) is 9.45. The molecule has 0 unspecified atom stereocenters. The van der Waals surface area contributed by atoms with Gasteiger partial charge in [-0.25, -0.2) is 17.8 Å². The smallest absolute Gasteiger partial charge is 0.265 e. The highest BCUT2D eigenvalue weighted by Gasteiger charge is 2.21. The Morgan fingerprint density at radius 3 is 2.60 bits per heavy atom. The topological polar surface area (TPSA) is 71.1 Å². The van der Waals surface area contributed by atoms with Gasteiger partial charge in [-0.05, 0) is 30.7 Å². The van der Waals surface area contributed by atoms with Crippen LogP contribution in [0.5, 0.6) is 0 Å². The molecule has 0 fully saturated rings. The SMILES string of the molecule is CNc1ncccc1S(=O)(=O)Nc1c(C)cccc1F. The van der Waals surface area contributed by atoms with Crippen LogP contribution in [0, 0.1) is 12.7 Å². The molecule has 0 aliphatic heterocycles. The van der Waals surface area contributed by atoms with Gasteiger partial charge in [-0.3, -0.25) is 4.72 Å². The maximum absolute atomic E-state index is 13.7. The Labute approximate surface area is 116 Å². The van der Waals surface area contributed by atoms with E-state index < -0.39 is 15.8 Å². The summed E-state index contributed by atoms with van der Waals surface area (Å²) in [6.45, 7) is 1.63. The number of benzene rings is 1. The normalized spacial score (nSPS) is 11.2. The van der Waals surface area contributed by atoms with E-state index in [9.17, 15) is 12.8 Å². The lowest BCUT2D eigenvalue weighted by Crippen LogP contribution is -2.17. The Bertz CT molecular complexity index is 712. The third kappa shape index (κ3) is 2.72. The van der Waals surface area contributed by atoms with Crippen molar-refractivity contribution in [3.63, 3.8) is 0 Å². The number of pyridine rings is 1. The van der Waals surface area contributed by atoms with Crippen molar-refractivity contribution in [3.05, 3.63) is 47.9 Å². The predicted molar refractivity (Wildman–Crippen MR) is 75.7 cm³/mol. The number of para-hydroxylation sites is 1. The first-order valence-electron chi connectivity index (χ1n) is 5.86. The maximum atomic E-state index is 13.7. The van der Waals surface area contributed by atoms with Gasteiger partial charge < -0.3 is 5.32 Å². The molecule has 1 heterocycles. The van der Waals surface area contributed by atoms with E-state index in [0.717, 1.165) is 0 Å². The van der Waals surface area contributed by atoms with E-state index in [1.165, 1.54) is 30.5 Å². The van der Waals surface area contributed by atoms with Crippen molar-refractivity contribution in [3.8, 4) is 0 Å². The molecule has 2 rings (SSSR count). The van der Waals surface area contributed by atoms with Gasteiger partial charge in [0, 0.05) is 13.2 Å². The van der Waals surface area contributed by atoms with E-state index >= 15 is 0 Å². The van der Waals surface area contributed by atoms with Crippen LogP contribution in [0.15, 0.2) is 41.4 Å². The van der Waals surface area contributed by atoms with Gasteiger partial charge in [-0.1, -0.05) is 12.1 Å². The summed E-state index contributed by atoms with van der Waals surface area (Å²) in [7, 11) is -2.35. The number of nitrogens with zero attached hydrogens (tertiary/aromatic N) is 1. The lowest BCUT2D eigenvalue weighted by molar-refractivity contribution is 0.598. The second-order valence-electron chi connectivity index (χ2n) is 4.14. The fourth-order valence-corrected chi connectivity index (χ4v) is 3.05. The number of anilines is 2. The molecular weight excluding hydrogens is 281 g/mol. The summed E-state index contributed by atoms with van der Waals surface area (Å²) >= 11 is 0. The fraction of sp³-hybridized carbons (Fsp3) is 0.154. The molecule has 0 spiro atoms. The first-order valence-corrected chi connectivity index (χ1v) is 7.34. The third-order valence-corrected chi connectivity index (χ3v) is 4.14. The monoisotopic (exact) mass is 295 g/mol. The summed E-state index contributed by atoms with van der Waals surface area (Å²) in [5.74, 6) is -0.419. The van der Waals surface area contributed by atoms with E-state index in [1.807, 2.05) is 0 Å². The molecule has 0 saturated heterocycles. The van der Waals surface area contributed by atoms with Crippen molar-refractivity contribution < 1.29 is 12.8 Å². The molecule has 0 aliphatic carbocycles. The van der Waals surface area contributed by atoms with Crippen molar-refractivity contribution in [2.24, 2.45) is 0 Å². The Kier molecular flexibility index (Phi) is 3.89. The maximum Gasteiger partial charge on any atom is 0.265 e. The average molecular weight is 295 g/mol. The van der Waals surface area contributed by atoms with Gasteiger partial charge in [0.25, 0.3) is 10.0 Å². The number of hydrogen-bond acceptors (Lipinski definition) is 4. The van der Waals surface area contributed by atoms with Crippen molar-refractivity contribution in [1.82, 2.24) is 4.98 Å². The second-order valence-corrected chi connectivity index (χ2v) is 5.79. The minimum Gasteiger partial charge on any atom is -0.372 e. The molecule has 106 valence electrons. The molecule has 1 aromatic carbocycles. The molecule has 20 heavy (non-hydrogen) atoms. The fourth-order valence-electron chi connectivity index (χ4n) is 1.75. The Balaban J connectivity index is 2.47. The number of rotatable bonds is 4.